The monoisotopic (exact) mass is 227 g/mol. The minimum atomic E-state index is 0.363. The summed E-state index contributed by atoms with van der Waals surface area (Å²) in [6.45, 7) is 11.1. The van der Waals surface area contributed by atoms with Gasteiger partial charge in [-0.05, 0) is 20.9 Å². The fourth-order valence-corrected chi connectivity index (χ4v) is 2.69. The highest BCUT2D eigenvalue weighted by molar-refractivity contribution is 4.82. The molecule has 16 heavy (non-hydrogen) atoms. The van der Waals surface area contributed by atoms with Crippen LogP contribution in [0.25, 0.3) is 0 Å². The molecule has 0 aliphatic carbocycles. The molecule has 2 aliphatic rings. The first kappa shape index (κ1) is 12.3. The number of piperazine rings is 1. The van der Waals surface area contributed by atoms with Gasteiger partial charge in [-0.25, -0.2) is 0 Å². The van der Waals surface area contributed by atoms with Crippen LogP contribution in [0.15, 0.2) is 0 Å². The zero-order valence-corrected chi connectivity index (χ0v) is 10.8. The summed E-state index contributed by atoms with van der Waals surface area (Å²) in [7, 11) is 2.20. The molecule has 0 bridgehead atoms. The summed E-state index contributed by atoms with van der Waals surface area (Å²) >= 11 is 0. The minimum Gasteiger partial charge on any atom is -0.371 e. The Balaban J connectivity index is 1.80. The first-order chi connectivity index (χ1) is 7.65. The molecule has 3 atom stereocenters. The van der Waals surface area contributed by atoms with Crippen LogP contribution in [-0.4, -0.2) is 74.4 Å². The predicted octanol–water partition coefficient (Wildman–Crippen LogP) is -0.000800. The SMILES string of the molecule is C[C@@H]1CNC[C@@H](CN2CCN(C)C[C@@H]2C)O1. The number of hydrogen-bond acceptors (Lipinski definition) is 4. The third kappa shape index (κ3) is 3.17. The first-order valence-corrected chi connectivity index (χ1v) is 6.44. The standard InChI is InChI=1S/C12H25N3O/c1-10-8-14(3)4-5-15(10)9-12-7-13-6-11(2)16-12/h10-13H,4-9H2,1-3H3/t10-,11+,12-/m0/s1. The Morgan fingerprint density at radius 1 is 1.25 bits per heavy atom. The molecule has 0 saturated carbocycles. The number of hydrogen-bond donors (Lipinski definition) is 1. The Bertz CT molecular complexity index is 224. The summed E-state index contributed by atoms with van der Waals surface area (Å²) in [6, 6.07) is 0.652. The van der Waals surface area contributed by atoms with E-state index < -0.39 is 0 Å². The van der Waals surface area contributed by atoms with Gasteiger partial charge in [0.25, 0.3) is 0 Å². The summed E-state index contributed by atoms with van der Waals surface area (Å²) in [4.78, 5) is 4.97. The maximum absolute atomic E-state index is 5.95. The highest BCUT2D eigenvalue weighted by Gasteiger charge is 2.26. The Labute approximate surface area is 98.9 Å². The van der Waals surface area contributed by atoms with Gasteiger partial charge in [0.05, 0.1) is 12.2 Å². The average Bonchev–Trinajstić information content (AvgIpc) is 2.22. The molecule has 0 aromatic carbocycles. The van der Waals surface area contributed by atoms with Crippen LogP contribution >= 0.6 is 0 Å². The Morgan fingerprint density at radius 3 is 2.75 bits per heavy atom. The second-order valence-electron chi connectivity index (χ2n) is 5.33. The number of likely N-dealkylation sites (N-methyl/N-ethyl adjacent to an activating group) is 1. The second kappa shape index (κ2) is 5.45. The van der Waals surface area contributed by atoms with Crippen LogP contribution in [0.5, 0.6) is 0 Å². The van der Waals surface area contributed by atoms with Crippen molar-refractivity contribution in [1.29, 1.82) is 0 Å². The van der Waals surface area contributed by atoms with E-state index in [-0.39, 0.29) is 0 Å². The van der Waals surface area contributed by atoms with Gasteiger partial charge in [-0.15, -0.1) is 0 Å². The van der Waals surface area contributed by atoms with E-state index in [0.717, 1.165) is 19.6 Å². The maximum atomic E-state index is 5.95. The van der Waals surface area contributed by atoms with Crippen molar-refractivity contribution < 1.29 is 4.74 Å². The second-order valence-corrected chi connectivity index (χ2v) is 5.33. The van der Waals surface area contributed by atoms with Crippen molar-refractivity contribution in [2.24, 2.45) is 0 Å². The molecule has 4 heteroatoms. The van der Waals surface area contributed by atoms with E-state index in [9.17, 15) is 0 Å². The summed E-state index contributed by atoms with van der Waals surface area (Å²) in [5.41, 5.74) is 0. The third-order valence-electron chi connectivity index (χ3n) is 3.63. The molecule has 2 rings (SSSR count). The topological polar surface area (TPSA) is 27.7 Å². The lowest BCUT2D eigenvalue weighted by atomic mass is 10.1. The van der Waals surface area contributed by atoms with Gasteiger partial charge in [0.2, 0.25) is 0 Å². The Morgan fingerprint density at radius 2 is 2.06 bits per heavy atom. The van der Waals surface area contributed by atoms with Crippen molar-refractivity contribution >= 4 is 0 Å². The van der Waals surface area contributed by atoms with E-state index in [4.69, 9.17) is 4.74 Å². The largest absolute Gasteiger partial charge is 0.371 e. The van der Waals surface area contributed by atoms with Crippen molar-refractivity contribution in [3.05, 3.63) is 0 Å². The fraction of sp³-hybridized carbons (Fsp3) is 1.00. The molecule has 0 amide bonds. The number of ether oxygens (including phenoxy) is 1. The highest BCUT2D eigenvalue weighted by atomic mass is 16.5. The third-order valence-corrected chi connectivity index (χ3v) is 3.63. The van der Waals surface area contributed by atoms with Crippen molar-refractivity contribution in [3.8, 4) is 0 Å². The molecule has 2 fully saturated rings. The molecule has 2 heterocycles. The van der Waals surface area contributed by atoms with Gasteiger partial charge in [-0.3, -0.25) is 4.90 Å². The van der Waals surface area contributed by atoms with Crippen LogP contribution in [0.1, 0.15) is 13.8 Å². The molecule has 0 radical (unpaired) electrons. The minimum absolute atomic E-state index is 0.363. The maximum Gasteiger partial charge on any atom is 0.0830 e. The van der Waals surface area contributed by atoms with Gasteiger partial charge in [0, 0.05) is 45.3 Å². The molecule has 2 aliphatic heterocycles. The number of morpholine rings is 1. The average molecular weight is 227 g/mol. The van der Waals surface area contributed by atoms with Crippen molar-refractivity contribution in [3.63, 3.8) is 0 Å². The molecule has 0 unspecified atom stereocenters. The smallest absolute Gasteiger partial charge is 0.0830 e. The highest BCUT2D eigenvalue weighted by Crippen LogP contribution is 2.11. The van der Waals surface area contributed by atoms with E-state index in [1.807, 2.05) is 0 Å². The molecule has 94 valence electrons. The Kier molecular flexibility index (Phi) is 4.19. The summed E-state index contributed by atoms with van der Waals surface area (Å²) in [5.74, 6) is 0. The molecular weight excluding hydrogens is 202 g/mol. The lowest BCUT2D eigenvalue weighted by Gasteiger charge is -2.41. The van der Waals surface area contributed by atoms with E-state index in [1.54, 1.807) is 0 Å². The number of rotatable bonds is 2. The van der Waals surface area contributed by atoms with E-state index in [1.165, 1.54) is 19.6 Å². The lowest BCUT2D eigenvalue weighted by Crippen LogP contribution is -2.55. The van der Waals surface area contributed by atoms with Crippen molar-refractivity contribution in [1.82, 2.24) is 15.1 Å². The van der Waals surface area contributed by atoms with Crippen LogP contribution in [0.4, 0.5) is 0 Å². The van der Waals surface area contributed by atoms with E-state index in [2.05, 4.69) is 36.0 Å². The van der Waals surface area contributed by atoms with Crippen LogP contribution < -0.4 is 5.32 Å². The van der Waals surface area contributed by atoms with Crippen molar-refractivity contribution in [2.75, 3.05) is 46.3 Å². The summed E-state index contributed by atoms with van der Waals surface area (Å²) < 4.78 is 5.95. The van der Waals surface area contributed by atoms with Crippen LogP contribution in [-0.2, 0) is 4.74 Å². The lowest BCUT2D eigenvalue weighted by molar-refractivity contribution is -0.0538. The molecular formula is C12H25N3O. The van der Waals surface area contributed by atoms with Gasteiger partial charge in [-0.2, -0.15) is 0 Å². The molecule has 0 aromatic rings. The fourth-order valence-electron chi connectivity index (χ4n) is 2.69. The molecule has 4 nitrogen and oxygen atoms in total. The summed E-state index contributed by atoms with van der Waals surface area (Å²) in [6.07, 6.45) is 0.733. The predicted molar refractivity (Wildman–Crippen MR) is 65.7 cm³/mol. The number of nitrogens with zero attached hydrogens (tertiary/aromatic N) is 2. The van der Waals surface area contributed by atoms with E-state index in [0.29, 0.717) is 18.2 Å². The van der Waals surface area contributed by atoms with Crippen LogP contribution in [0.3, 0.4) is 0 Å². The molecule has 1 N–H and O–H groups in total. The quantitative estimate of drug-likeness (QED) is 0.719. The van der Waals surface area contributed by atoms with E-state index >= 15 is 0 Å². The zero-order valence-electron chi connectivity index (χ0n) is 10.8. The Hall–Kier alpha value is -0.160. The van der Waals surface area contributed by atoms with Gasteiger partial charge in [0.1, 0.15) is 0 Å². The number of nitrogens with one attached hydrogen (secondary N) is 1. The zero-order chi connectivity index (χ0) is 11.5. The van der Waals surface area contributed by atoms with Gasteiger partial charge < -0.3 is 15.0 Å². The molecule has 0 spiro atoms. The first-order valence-electron chi connectivity index (χ1n) is 6.44. The van der Waals surface area contributed by atoms with Gasteiger partial charge >= 0.3 is 0 Å². The van der Waals surface area contributed by atoms with Gasteiger partial charge in [0.15, 0.2) is 0 Å². The summed E-state index contributed by atoms with van der Waals surface area (Å²) in [5, 5.41) is 3.44. The molecule has 0 aromatic heterocycles. The van der Waals surface area contributed by atoms with Crippen molar-refractivity contribution in [2.45, 2.75) is 32.1 Å². The van der Waals surface area contributed by atoms with Crippen LogP contribution in [0.2, 0.25) is 0 Å². The van der Waals surface area contributed by atoms with Crippen LogP contribution in [0, 0.1) is 0 Å². The molecule has 2 saturated heterocycles. The van der Waals surface area contributed by atoms with Gasteiger partial charge in [-0.1, -0.05) is 0 Å². The normalized spacial score (nSPS) is 38.8.